The van der Waals surface area contributed by atoms with E-state index in [1.807, 2.05) is 42.5 Å². The molecule has 0 radical (unpaired) electrons. The van der Waals surface area contributed by atoms with Crippen molar-refractivity contribution in [3.63, 3.8) is 0 Å². The molecule has 0 bridgehead atoms. The van der Waals surface area contributed by atoms with Crippen LogP contribution in [-0.2, 0) is 4.79 Å². The van der Waals surface area contributed by atoms with Gasteiger partial charge in [0.15, 0.2) is 0 Å². The zero-order chi connectivity index (χ0) is 26.8. The van der Waals surface area contributed by atoms with Gasteiger partial charge in [0.1, 0.15) is 24.2 Å². The number of nitrogens with two attached hydrogens (primary N) is 1. The fraction of sp³-hybridized carbons (Fsp3) is 0.250. The second kappa shape index (κ2) is 13.9. The lowest BCUT2D eigenvalue weighted by Crippen LogP contribution is -2.30. The van der Waals surface area contributed by atoms with Crippen LogP contribution in [0, 0.1) is 0 Å². The molecule has 0 aromatic heterocycles. The van der Waals surface area contributed by atoms with Crippen LogP contribution in [0.3, 0.4) is 0 Å². The zero-order valence-corrected chi connectivity index (χ0v) is 21.9. The van der Waals surface area contributed by atoms with Gasteiger partial charge in [-0.3, -0.25) is 4.79 Å². The molecule has 1 aliphatic rings. The highest BCUT2D eigenvalue weighted by Gasteiger charge is 2.24. The molecule has 2 unspecified atom stereocenters. The summed E-state index contributed by atoms with van der Waals surface area (Å²) in [5.41, 5.74) is 9.65. The molecule has 1 heterocycles. The summed E-state index contributed by atoms with van der Waals surface area (Å²) in [5.74, 6) is 1.30. The van der Waals surface area contributed by atoms with Gasteiger partial charge in [-0.1, -0.05) is 53.5 Å². The van der Waals surface area contributed by atoms with Crippen molar-refractivity contribution in [2.45, 2.75) is 18.6 Å². The minimum Gasteiger partial charge on any atom is -0.495 e. The quantitative estimate of drug-likeness (QED) is 0.272. The van der Waals surface area contributed by atoms with E-state index in [1.165, 1.54) is 0 Å². The number of hydrogen-bond donors (Lipinski definition) is 3. The van der Waals surface area contributed by atoms with Crippen LogP contribution in [0.25, 0.3) is 5.57 Å². The lowest BCUT2D eigenvalue weighted by atomic mass is 9.92. The monoisotopic (exact) mass is 544 g/mol. The minimum atomic E-state index is -0.919. The number of aliphatic hydroxyl groups is 2. The lowest BCUT2D eigenvalue weighted by molar-refractivity contribution is -0.119. The maximum Gasteiger partial charge on any atom is 0.210 e. The van der Waals surface area contributed by atoms with E-state index in [0.717, 1.165) is 28.9 Å². The van der Waals surface area contributed by atoms with Gasteiger partial charge >= 0.3 is 0 Å². The van der Waals surface area contributed by atoms with Gasteiger partial charge in [0.25, 0.3) is 0 Å². The van der Waals surface area contributed by atoms with E-state index < -0.39 is 6.10 Å². The molecule has 7 nitrogen and oxygen atoms in total. The number of anilines is 1. The van der Waals surface area contributed by atoms with Gasteiger partial charge in [-0.2, -0.15) is 0 Å². The van der Waals surface area contributed by atoms with E-state index in [9.17, 15) is 9.90 Å². The van der Waals surface area contributed by atoms with Crippen molar-refractivity contribution in [2.75, 3.05) is 32.6 Å². The number of halogens is 2. The van der Waals surface area contributed by atoms with E-state index in [-0.39, 0.29) is 19.3 Å². The molecule has 1 aliphatic heterocycles. The second-order valence-electron chi connectivity index (χ2n) is 8.31. The van der Waals surface area contributed by atoms with Crippen LogP contribution in [-0.4, -0.2) is 54.5 Å². The Hall–Kier alpha value is -3.23. The van der Waals surface area contributed by atoms with Crippen molar-refractivity contribution in [1.82, 2.24) is 4.90 Å². The Balaban J connectivity index is 0.000000356. The highest BCUT2D eigenvalue weighted by Crippen LogP contribution is 2.36. The van der Waals surface area contributed by atoms with Crippen molar-refractivity contribution in [3.8, 4) is 11.5 Å². The van der Waals surface area contributed by atoms with Crippen molar-refractivity contribution >= 4 is 40.9 Å². The molecule has 196 valence electrons. The predicted molar refractivity (Wildman–Crippen MR) is 147 cm³/mol. The summed E-state index contributed by atoms with van der Waals surface area (Å²) >= 11 is 11.8. The average molecular weight is 545 g/mol. The number of benzene rings is 3. The standard InChI is InChI=1S/C21H23ClN2O4.C7H7ClO/c22-16-3-6-20(23)19(10-16)15-7-8-24(13-26)21(9-15)14-1-4-18(5-2-14)28-12-17(27)11-25;1-9-7-5-3-2-4-6(7)8/h1-6,9-10,13,17,21,25,27H,7-8,11-12,23H2;2-5H,1H3. The van der Waals surface area contributed by atoms with Crippen LogP contribution in [0.2, 0.25) is 10.0 Å². The van der Waals surface area contributed by atoms with E-state index in [2.05, 4.69) is 0 Å². The first-order valence-corrected chi connectivity index (χ1v) is 12.4. The molecule has 4 rings (SSSR count). The number of ether oxygens (including phenoxy) is 2. The number of amides is 1. The van der Waals surface area contributed by atoms with Crippen LogP contribution in [0.15, 0.2) is 72.8 Å². The number of aliphatic hydroxyl groups excluding tert-OH is 2. The topological polar surface area (TPSA) is 105 Å². The van der Waals surface area contributed by atoms with E-state index in [1.54, 1.807) is 42.3 Å². The predicted octanol–water partition coefficient (Wildman–Crippen LogP) is 4.99. The molecule has 3 aromatic rings. The van der Waals surface area contributed by atoms with Crippen LogP contribution in [0.5, 0.6) is 11.5 Å². The number of methoxy groups -OCH3 is 1. The number of nitrogen functional groups attached to an aromatic ring is 1. The number of carbonyl (C=O) groups is 1. The zero-order valence-electron chi connectivity index (χ0n) is 20.4. The second-order valence-corrected chi connectivity index (χ2v) is 9.16. The summed E-state index contributed by atoms with van der Waals surface area (Å²) in [6.07, 6.45) is 2.66. The van der Waals surface area contributed by atoms with Crippen LogP contribution in [0.1, 0.15) is 23.6 Å². The van der Waals surface area contributed by atoms with E-state index in [4.69, 9.17) is 43.5 Å². The Labute approximate surface area is 226 Å². The molecule has 0 spiro atoms. The maximum atomic E-state index is 11.6. The van der Waals surface area contributed by atoms with E-state index >= 15 is 0 Å². The molecule has 9 heteroatoms. The number of rotatable bonds is 8. The summed E-state index contributed by atoms with van der Waals surface area (Å²) < 4.78 is 10.3. The number of carbonyl (C=O) groups excluding carboxylic acids is 1. The fourth-order valence-electron chi connectivity index (χ4n) is 3.81. The summed E-state index contributed by atoms with van der Waals surface area (Å²) in [4.78, 5) is 13.3. The maximum absolute atomic E-state index is 11.6. The van der Waals surface area contributed by atoms with Gasteiger partial charge in [-0.05, 0) is 60.0 Å². The average Bonchev–Trinajstić information content (AvgIpc) is 2.93. The smallest absolute Gasteiger partial charge is 0.210 e. The first-order chi connectivity index (χ1) is 17.9. The Morgan fingerprint density at radius 1 is 1.14 bits per heavy atom. The molecular formula is C28H30Cl2N2O5. The molecule has 4 N–H and O–H groups in total. The highest BCUT2D eigenvalue weighted by molar-refractivity contribution is 6.32. The number of nitrogens with zero attached hydrogens (tertiary/aromatic N) is 1. The third-order valence-corrected chi connectivity index (χ3v) is 6.33. The van der Waals surface area contributed by atoms with Gasteiger partial charge in [0, 0.05) is 22.8 Å². The first kappa shape index (κ1) is 28.3. The van der Waals surface area contributed by atoms with Gasteiger partial charge in [-0.25, -0.2) is 0 Å². The highest BCUT2D eigenvalue weighted by atomic mass is 35.5. The normalized spacial score (nSPS) is 15.6. The van der Waals surface area contributed by atoms with Crippen LogP contribution in [0.4, 0.5) is 5.69 Å². The van der Waals surface area contributed by atoms with Crippen molar-refractivity contribution < 1.29 is 24.5 Å². The largest absolute Gasteiger partial charge is 0.495 e. The van der Waals surface area contributed by atoms with Gasteiger partial charge in [-0.15, -0.1) is 0 Å². The molecule has 37 heavy (non-hydrogen) atoms. The Kier molecular flexibility index (Phi) is 10.7. The SMILES string of the molecule is COc1ccccc1Cl.Nc1ccc(Cl)cc1C1=CC(c2ccc(OCC(O)CO)cc2)N(C=O)CC1. The molecule has 0 saturated carbocycles. The van der Waals surface area contributed by atoms with Crippen molar-refractivity contribution in [3.05, 3.63) is 94.0 Å². The third-order valence-electron chi connectivity index (χ3n) is 5.78. The van der Waals surface area contributed by atoms with Gasteiger partial charge < -0.3 is 30.3 Å². The third kappa shape index (κ3) is 7.87. The number of para-hydroxylation sites is 1. The summed E-state index contributed by atoms with van der Waals surface area (Å²) in [7, 11) is 1.60. The lowest BCUT2D eigenvalue weighted by Gasteiger charge is -2.32. The van der Waals surface area contributed by atoms with E-state index in [0.29, 0.717) is 34.4 Å². The fourth-order valence-corrected chi connectivity index (χ4v) is 4.20. The minimum absolute atomic E-state index is 0.0117. The van der Waals surface area contributed by atoms with Gasteiger partial charge in [0.05, 0.1) is 24.8 Å². The first-order valence-electron chi connectivity index (χ1n) is 11.6. The van der Waals surface area contributed by atoms with Crippen LogP contribution < -0.4 is 15.2 Å². The molecule has 0 saturated heterocycles. The molecule has 1 amide bonds. The van der Waals surface area contributed by atoms with Crippen LogP contribution >= 0.6 is 23.2 Å². The van der Waals surface area contributed by atoms with Crippen molar-refractivity contribution in [1.29, 1.82) is 0 Å². The summed E-state index contributed by atoms with van der Waals surface area (Å²) in [6, 6.07) is 19.8. The number of hydrogen-bond acceptors (Lipinski definition) is 6. The van der Waals surface area contributed by atoms with Gasteiger partial charge in [0.2, 0.25) is 6.41 Å². The molecule has 3 aromatic carbocycles. The summed E-state index contributed by atoms with van der Waals surface area (Å²) in [6.45, 7) is 0.236. The molecular weight excluding hydrogens is 515 g/mol. The summed E-state index contributed by atoms with van der Waals surface area (Å²) in [5, 5.41) is 19.5. The molecule has 2 atom stereocenters. The Morgan fingerprint density at radius 3 is 2.49 bits per heavy atom. The molecule has 0 fully saturated rings. The Morgan fingerprint density at radius 2 is 1.86 bits per heavy atom. The van der Waals surface area contributed by atoms with Crippen molar-refractivity contribution in [2.24, 2.45) is 0 Å². The molecule has 0 aliphatic carbocycles. The Bertz CT molecular complexity index is 1200.